The summed E-state index contributed by atoms with van der Waals surface area (Å²) in [6.45, 7) is 0. The van der Waals surface area contributed by atoms with Gasteiger partial charge in [0.2, 0.25) is 0 Å². The molecule has 1 fully saturated rings. The van der Waals surface area contributed by atoms with Crippen molar-refractivity contribution in [2.45, 2.75) is 70.6 Å². The smallest absolute Gasteiger partial charge is 0.306 e. The molecule has 4 heteroatoms. The van der Waals surface area contributed by atoms with Gasteiger partial charge in [-0.1, -0.05) is 98.1 Å². The number of ketones is 2. The van der Waals surface area contributed by atoms with Crippen molar-refractivity contribution in [3.05, 3.63) is 95.6 Å². The van der Waals surface area contributed by atoms with Crippen molar-refractivity contribution >= 4 is 17.5 Å². The van der Waals surface area contributed by atoms with Gasteiger partial charge in [0.1, 0.15) is 5.78 Å². The molecule has 0 aliphatic heterocycles. The predicted molar refractivity (Wildman–Crippen MR) is 151 cm³/mol. The Morgan fingerprint density at radius 2 is 1.34 bits per heavy atom. The molecule has 1 N–H and O–H groups in total. The van der Waals surface area contributed by atoms with Crippen LogP contribution in [0.4, 0.5) is 0 Å². The van der Waals surface area contributed by atoms with E-state index in [9.17, 15) is 19.5 Å². The number of carboxylic acids is 1. The van der Waals surface area contributed by atoms with Crippen molar-refractivity contribution in [2.75, 3.05) is 0 Å². The fourth-order valence-corrected chi connectivity index (χ4v) is 5.45. The number of carbonyl (C=O) groups is 3. The Balaban J connectivity index is 1.27. The van der Waals surface area contributed by atoms with Crippen LogP contribution in [-0.2, 0) is 22.4 Å². The highest BCUT2D eigenvalue weighted by Crippen LogP contribution is 2.26. The molecule has 1 saturated carbocycles. The van der Waals surface area contributed by atoms with Crippen molar-refractivity contribution < 1.29 is 19.5 Å². The maximum absolute atomic E-state index is 12.8. The fraction of sp³-hybridized carbons (Fsp3) is 0.382. The van der Waals surface area contributed by atoms with E-state index in [0.717, 1.165) is 42.4 Å². The number of Topliss-reactive ketones (excluding diaryl/α,β-unsaturated/α-hetero) is 2. The number of carboxylic acid groups (broad SMARTS) is 1. The second-order valence-electron chi connectivity index (χ2n) is 10.6. The molecular weight excluding hydrogens is 472 g/mol. The number of hydrogen-bond donors (Lipinski definition) is 1. The molecule has 38 heavy (non-hydrogen) atoms. The summed E-state index contributed by atoms with van der Waals surface area (Å²) in [5, 5.41) is 9.63. The summed E-state index contributed by atoms with van der Waals surface area (Å²) in [6.07, 6.45) is 9.37. The van der Waals surface area contributed by atoms with E-state index in [-0.39, 0.29) is 12.2 Å². The fourth-order valence-electron chi connectivity index (χ4n) is 5.45. The van der Waals surface area contributed by atoms with E-state index in [1.807, 2.05) is 42.5 Å². The second-order valence-corrected chi connectivity index (χ2v) is 10.6. The molecule has 0 saturated heterocycles. The van der Waals surface area contributed by atoms with Crippen molar-refractivity contribution in [3.63, 3.8) is 0 Å². The summed E-state index contributed by atoms with van der Waals surface area (Å²) < 4.78 is 0. The molecule has 0 radical (unpaired) electrons. The number of rotatable bonds is 13. The van der Waals surface area contributed by atoms with Crippen molar-refractivity contribution in [1.82, 2.24) is 0 Å². The first-order valence-corrected chi connectivity index (χ1v) is 14.0. The molecule has 4 rings (SSSR count). The average Bonchev–Trinajstić information content (AvgIpc) is 2.96. The summed E-state index contributed by atoms with van der Waals surface area (Å²) in [5.41, 5.74) is 4.93. The highest BCUT2D eigenvalue weighted by atomic mass is 16.4. The topological polar surface area (TPSA) is 71.4 Å². The molecule has 4 nitrogen and oxygen atoms in total. The Bertz CT molecular complexity index is 1190. The maximum Gasteiger partial charge on any atom is 0.306 e. The first kappa shape index (κ1) is 27.5. The van der Waals surface area contributed by atoms with E-state index in [4.69, 9.17) is 0 Å². The van der Waals surface area contributed by atoms with Crippen LogP contribution in [-0.4, -0.2) is 22.6 Å². The van der Waals surface area contributed by atoms with Crippen LogP contribution in [0.3, 0.4) is 0 Å². The number of aliphatic carboxylic acids is 1. The molecule has 0 bridgehead atoms. The molecule has 0 aromatic heterocycles. The van der Waals surface area contributed by atoms with Gasteiger partial charge in [0.05, 0.1) is 5.92 Å². The minimum Gasteiger partial charge on any atom is -0.481 e. The summed E-state index contributed by atoms with van der Waals surface area (Å²) in [4.78, 5) is 37.0. The first-order valence-electron chi connectivity index (χ1n) is 14.0. The highest BCUT2D eigenvalue weighted by Gasteiger charge is 2.22. The number of carbonyl (C=O) groups excluding carboxylic acids is 2. The Morgan fingerprint density at radius 1 is 0.737 bits per heavy atom. The van der Waals surface area contributed by atoms with Gasteiger partial charge in [0, 0.05) is 24.3 Å². The minimum atomic E-state index is -0.927. The molecule has 0 heterocycles. The van der Waals surface area contributed by atoms with Gasteiger partial charge in [0.25, 0.3) is 0 Å². The Kier molecular flexibility index (Phi) is 10.0. The summed E-state index contributed by atoms with van der Waals surface area (Å²) in [6, 6.07) is 25.6. The Labute approximate surface area is 226 Å². The Morgan fingerprint density at radius 3 is 1.97 bits per heavy atom. The molecule has 1 aliphatic carbocycles. The molecule has 3 aromatic rings. The van der Waals surface area contributed by atoms with Crippen molar-refractivity contribution in [1.29, 1.82) is 0 Å². The largest absolute Gasteiger partial charge is 0.481 e. The molecule has 3 aromatic carbocycles. The minimum absolute atomic E-state index is 0.000536. The highest BCUT2D eigenvalue weighted by molar-refractivity contribution is 5.98. The van der Waals surface area contributed by atoms with E-state index in [0.29, 0.717) is 36.5 Å². The summed E-state index contributed by atoms with van der Waals surface area (Å²) >= 11 is 0. The number of benzene rings is 3. The van der Waals surface area contributed by atoms with Gasteiger partial charge in [-0.25, -0.2) is 0 Å². The van der Waals surface area contributed by atoms with Crippen LogP contribution in [0, 0.1) is 11.8 Å². The first-order chi connectivity index (χ1) is 18.5. The van der Waals surface area contributed by atoms with Gasteiger partial charge in [-0.05, 0) is 60.8 Å². The standard InChI is InChI=1S/C34H38O4/c35-32(29-11-5-2-6-12-29)13-7-10-26-14-17-27(18-15-26)28-20-22-30(23-21-28)33(36)24-31(34(37)38)19-16-25-8-3-1-4-9-25/h1,3-4,8-9,14-15,17-18,20-23,29,31H,2,5-7,10-13,16,19,24H2,(H,37,38). The van der Waals surface area contributed by atoms with Gasteiger partial charge in [-0.3, -0.25) is 14.4 Å². The quantitative estimate of drug-likeness (QED) is 0.239. The van der Waals surface area contributed by atoms with Crippen LogP contribution in [0.2, 0.25) is 0 Å². The maximum atomic E-state index is 12.8. The van der Waals surface area contributed by atoms with Crippen LogP contribution in [0.15, 0.2) is 78.9 Å². The van der Waals surface area contributed by atoms with Crippen LogP contribution >= 0.6 is 0 Å². The van der Waals surface area contributed by atoms with E-state index >= 15 is 0 Å². The SMILES string of the molecule is O=C(CC(CCc1ccccc1)C(=O)O)c1ccc(-c2ccc(CCCC(=O)C3CCCCC3)cc2)cc1. The third-order valence-corrected chi connectivity index (χ3v) is 7.85. The van der Waals surface area contributed by atoms with Crippen molar-refractivity contribution in [3.8, 4) is 11.1 Å². The van der Waals surface area contributed by atoms with Crippen LogP contribution in [0.25, 0.3) is 11.1 Å². The lowest BCUT2D eigenvalue weighted by Gasteiger charge is -2.20. The van der Waals surface area contributed by atoms with Crippen LogP contribution in [0.5, 0.6) is 0 Å². The zero-order valence-corrected chi connectivity index (χ0v) is 22.1. The Hall–Kier alpha value is -3.53. The van der Waals surface area contributed by atoms with Gasteiger partial charge >= 0.3 is 5.97 Å². The lowest BCUT2D eigenvalue weighted by molar-refractivity contribution is -0.141. The van der Waals surface area contributed by atoms with Crippen LogP contribution < -0.4 is 0 Å². The van der Waals surface area contributed by atoms with Crippen molar-refractivity contribution in [2.24, 2.45) is 11.8 Å². The predicted octanol–water partition coefficient (Wildman–Crippen LogP) is 7.73. The summed E-state index contributed by atoms with van der Waals surface area (Å²) in [5.74, 6) is -1.03. The zero-order chi connectivity index (χ0) is 26.7. The lowest BCUT2D eigenvalue weighted by Crippen LogP contribution is -2.19. The van der Waals surface area contributed by atoms with Gasteiger partial charge < -0.3 is 5.11 Å². The van der Waals surface area contributed by atoms with E-state index in [2.05, 4.69) is 24.3 Å². The van der Waals surface area contributed by atoms with Gasteiger partial charge in [-0.2, -0.15) is 0 Å². The summed E-state index contributed by atoms with van der Waals surface area (Å²) in [7, 11) is 0. The van der Waals surface area contributed by atoms with E-state index in [1.54, 1.807) is 12.1 Å². The third-order valence-electron chi connectivity index (χ3n) is 7.85. The lowest BCUT2D eigenvalue weighted by atomic mass is 9.84. The van der Waals surface area contributed by atoms with E-state index < -0.39 is 11.9 Å². The molecular formula is C34H38O4. The zero-order valence-electron chi connectivity index (χ0n) is 22.1. The molecule has 1 aliphatic rings. The molecule has 1 unspecified atom stereocenters. The molecule has 198 valence electrons. The molecule has 0 amide bonds. The van der Waals surface area contributed by atoms with E-state index in [1.165, 1.54) is 24.8 Å². The monoisotopic (exact) mass is 510 g/mol. The number of hydrogen-bond acceptors (Lipinski definition) is 3. The normalized spacial score (nSPS) is 14.6. The average molecular weight is 511 g/mol. The molecule has 0 spiro atoms. The second kappa shape index (κ2) is 13.9. The molecule has 1 atom stereocenters. The number of aryl methyl sites for hydroxylation is 2. The van der Waals surface area contributed by atoms with Crippen LogP contribution in [0.1, 0.15) is 79.3 Å². The third kappa shape index (κ3) is 7.98. The van der Waals surface area contributed by atoms with Gasteiger partial charge in [0.15, 0.2) is 5.78 Å². The van der Waals surface area contributed by atoms with Gasteiger partial charge in [-0.15, -0.1) is 0 Å².